The van der Waals surface area contributed by atoms with Gasteiger partial charge in [0.1, 0.15) is 5.82 Å². The fourth-order valence-electron chi connectivity index (χ4n) is 1.70. The lowest BCUT2D eigenvalue weighted by molar-refractivity contribution is 0.623. The van der Waals surface area contributed by atoms with E-state index in [1.54, 1.807) is 18.5 Å². The zero-order valence-electron chi connectivity index (χ0n) is 9.78. The maximum Gasteiger partial charge on any atom is 0.123 e. The molecule has 88 valence electrons. The van der Waals surface area contributed by atoms with Crippen LogP contribution < -0.4 is 5.32 Å². The van der Waals surface area contributed by atoms with Crippen molar-refractivity contribution in [3.05, 3.63) is 65.2 Å². The molecule has 1 heterocycles. The fraction of sp³-hybridized carbons (Fsp3) is 0.214. The molecular formula is C14H15FN2. The minimum absolute atomic E-state index is 0.180. The molecular weight excluding hydrogens is 215 g/mol. The second kappa shape index (κ2) is 5.55. The number of hydrogen-bond acceptors (Lipinski definition) is 2. The van der Waals surface area contributed by atoms with E-state index >= 15 is 0 Å². The number of nitrogens with zero attached hydrogens (tertiary/aromatic N) is 1. The summed E-state index contributed by atoms with van der Waals surface area (Å²) in [5.41, 5.74) is 3.30. The van der Waals surface area contributed by atoms with Crippen molar-refractivity contribution in [2.75, 3.05) is 0 Å². The molecule has 2 nitrogen and oxygen atoms in total. The van der Waals surface area contributed by atoms with Gasteiger partial charge in [-0.2, -0.15) is 0 Å². The van der Waals surface area contributed by atoms with Crippen molar-refractivity contribution in [1.29, 1.82) is 0 Å². The van der Waals surface area contributed by atoms with Gasteiger partial charge >= 0.3 is 0 Å². The molecule has 1 aromatic heterocycles. The van der Waals surface area contributed by atoms with E-state index in [1.165, 1.54) is 11.6 Å². The molecule has 0 aliphatic rings. The Labute approximate surface area is 101 Å². The van der Waals surface area contributed by atoms with Crippen molar-refractivity contribution in [2.45, 2.75) is 20.0 Å². The van der Waals surface area contributed by atoms with Gasteiger partial charge in [0.15, 0.2) is 0 Å². The van der Waals surface area contributed by atoms with E-state index < -0.39 is 0 Å². The summed E-state index contributed by atoms with van der Waals surface area (Å²) >= 11 is 0. The Balaban J connectivity index is 1.90. The standard InChI is InChI=1S/C14H15FN2/c1-11-8-14(15)3-2-13(11)10-17-9-12-4-6-16-7-5-12/h2-8,17H,9-10H2,1H3. The lowest BCUT2D eigenvalue weighted by Gasteiger charge is -2.07. The maximum atomic E-state index is 12.9. The quantitative estimate of drug-likeness (QED) is 0.873. The minimum Gasteiger partial charge on any atom is -0.309 e. The summed E-state index contributed by atoms with van der Waals surface area (Å²) in [4.78, 5) is 3.97. The Morgan fingerprint density at radius 3 is 2.59 bits per heavy atom. The predicted molar refractivity (Wildman–Crippen MR) is 65.9 cm³/mol. The molecule has 0 bridgehead atoms. The number of hydrogen-bond donors (Lipinski definition) is 1. The SMILES string of the molecule is Cc1cc(F)ccc1CNCc1ccncc1. The van der Waals surface area contributed by atoms with Gasteiger partial charge in [-0.1, -0.05) is 6.07 Å². The smallest absolute Gasteiger partial charge is 0.123 e. The lowest BCUT2D eigenvalue weighted by Crippen LogP contribution is -2.13. The second-order valence-electron chi connectivity index (χ2n) is 4.03. The topological polar surface area (TPSA) is 24.9 Å². The van der Waals surface area contributed by atoms with E-state index in [4.69, 9.17) is 0 Å². The van der Waals surface area contributed by atoms with Crippen LogP contribution in [0.15, 0.2) is 42.7 Å². The third-order valence-corrected chi connectivity index (χ3v) is 2.70. The third-order valence-electron chi connectivity index (χ3n) is 2.70. The van der Waals surface area contributed by atoms with Crippen LogP contribution in [0.4, 0.5) is 4.39 Å². The Morgan fingerprint density at radius 2 is 1.88 bits per heavy atom. The van der Waals surface area contributed by atoms with E-state index in [0.29, 0.717) is 0 Å². The zero-order chi connectivity index (χ0) is 12.1. The number of rotatable bonds is 4. The number of pyridine rings is 1. The molecule has 0 atom stereocenters. The molecule has 2 aromatic rings. The van der Waals surface area contributed by atoms with Crippen LogP contribution >= 0.6 is 0 Å². The molecule has 17 heavy (non-hydrogen) atoms. The van der Waals surface area contributed by atoms with Crippen molar-refractivity contribution in [1.82, 2.24) is 10.3 Å². The highest BCUT2D eigenvalue weighted by Gasteiger charge is 1.99. The van der Waals surface area contributed by atoms with Crippen LogP contribution in [0.25, 0.3) is 0 Å². The summed E-state index contributed by atoms with van der Waals surface area (Å²) in [6, 6.07) is 8.83. The largest absolute Gasteiger partial charge is 0.309 e. The molecule has 0 radical (unpaired) electrons. The predicted octanol–water partition coefficient (Wildman–Crippen LogP) is 2.82. The van der Waals surface area contributed by atoms with E-state index in [1.807, 2.05) is 25.1 Å². The van der Waals surface area contributed by atoms with Crippen LogP contribution in [0.3, 0.4) is 0 Å². The van der Waals surface area contributed by atoms with Crippen LogP contribution in [0.1, 0.15) is 16.7 Å². The van der Waals surface area contributed by atoms with Crippen molar-refractivity contribution in [3.63, 3.8) is 0 Å². The summed E-state index contributed by atoms with van der Waals surface area (Å²) in [7, 11) is 0. The van der Waals surface area contributed by atoms with Crippen LogP contribution in [-0.2, 0) is 13.1 Å². The number of aromatic nitrogens is 1. The van der Waals surface area contributed by atoms with Gasteiger partial charge in [-0.25, -0.2) is 4.39 Å². The average Bonchev–Trinajstić information content (AvgIpc) is 2.33. The molecule has 3 heteroatoms. The van der Waals surface area contributed by atoms with Crippen LogP contribution in [-0.4, -0.2) is 4.98 Å². The van der Waals surface area contributed by atoms with Crippen LogP contribution in [0.5, 0.6) is 0 Å². The second-order valence-corrected chi connectivity index (χ2v) is 4.03. The Kier molecular flexibility index (Phi) is 3.83. The van der Waals surface area contributed by atoms with Crippen LogP contribution in [0, 0.1) is 12.7 Å². The van der Waals surface area contributed by atoms with Gasteiger partial charge in [-0.15, -0.1) is 0 Å². The average molecular weight is 230 g/mol. The molecule has 0 fully saturated rings. The first-order valence-electron chi connectivity index (χ1n) is 5.60. The van der Waals surface area contributed by atoms with Crippen molar-refractivity contribution >= 4 is 0 Å². The molecule has 0 saturated carbocycles. The van der Waals surface area contributed by atoms with Gasteiger partial charge in [-0.05, 0) is 47.9 Å². The highest BCUT2D eigenvalue weighted by atomic mass is 19.1. The molecule has 1 N–H and O–H groups in total. The zero-order valence-corrected chi connectivity index (χ0v) is 9.78. The number of nitrogens with one attached hydrogen (secondary N) is 1. The summed E-state index contributed by atoms with van der Waals surface area (Å²) in [6.07, 6.45) is 3.56. The summed E-state index contributed by atoms with van der Waals surface area (Å²) < 4.78 is 12.9. The van der Waals surface area contributed by atoms with Crippen molar-refractivity contribution < 1.29 is 4.39 Å². The number of halogens is 1. The van der Waals surface area contributed by atoms with Gasteiger partial charge < -0.3 is 5.32 Å². The summed E-state index contributed by atoms with van der Waals surface area (Å²) in [6.45, 7) is 3.46. The van der Waals surface area contributed by atoms with Gasteiger partial charge in [0.05, 0.1) is 0 Å². The Bertz CT molecular complexity index is 483. The molecule has 0 unspecified atom stereocenters. The Morgan fingerprint density at radius 1 is 1.12 bits per heavy atom. The first-order valence-corrected chi connectivity index (χ1v) is 5.60. The monoisotopic (exact) mass is 230 g/mol. The molecule has 0 saturated heterocycles. The first kappa shape index (κ1) is 11.7. The molecule has 2 rings (SSSR count). The number of benzene rings is 1. The molecule has 1 aromatic carbocycles. The first-order chi connectivity index (χ1) is 8.25. The molecule has 0 aliphatic heterocycles. The van der Waals surface area contributed by atoms with Gasteiger partial charge in [-0.3, -0.25) is 4.98 Å². The molecule has 0 aliphatic carbocycles. The summed E-state index contributed by atoms with van der Waals surface area (Å²) in [5, 5.41) is 3.33. The normalized spacial score (nSPS) is 10.5. The third kappa shape index (κ3) is 3.36. The lowest BCUT2D eigenvalue weighted by atomic mass is 10.1. The summed E-state index contributed by atoms with van der Waals surface area (Å²) in [5.74, 6) is -0.180. The highest BCUT2D eigenvalue weighted by molar-refractivity contribution is 5.26. The van der Waals surface area contributed by atoms with E-state index in [-0.39, 0.29) is 5.82 Å². The van der Waals surface area contributed by atoms with Crippen molar-refractivity contribution in [2.24, 2.45) is 0 Å². The maximum absolute atomic E-state index is 12.9. The molecule has 0 amide bonds. The number of aryl methyl sites for hydroxylation is 1. The van der Waals surface area contributed by atoms with Gasteiger partial charge in [0, 0.05) is 25.5 Å². The highest BCUT2D eigenvalue weighted by Crippen LogP contribution is 2.09. The van der Waals surface area contributed by atoms with Gasteiger partial charge in [0.25, 0.3) is 0 Å². The van der Waals surface area contributed by atoms with E-state index in [2.05, 4.69) is 10.3 Å². The van der Waals surface area contributed by atoms with Gasteiger partial charge in [0.2, 0.25) is 0 Å². The molecule has 0 spiro atoms. The van der Waals surface area contributed by atoms with E-state index in [9.17, 15) is 4.39 Å². The fourth-order valence-corrected chi connectivity index (χ4v) is 1.70. The minimum atomic E-state index is -0.180. The van der Waals surface area contributed by atoms with Crippen LogP contribution in [0.2, 0.25) is 0 Å². The van der Waals surface area contributed by atoms with Crippen molar-refractivity contribution in [3.8, 4) is 0 Å². The van der Waals surface area contributed by atoms with E-state index in [0.717, 1.165) is 24.2 Å². The Hall–Kier alpha value is -1.74.